The lowest BCUT2D eigenvalue weighted by atomic mass is 9.64. The van der Waals surface area contributed by atoms with Gasteiger partial charge in [0.1, 0.15) is 5.82 Å². The van der Waals surface area contributed by atoms with Crippen molar-refractivity contribution >= 4 is 0 Å². The number of benzene rings is 1. The van der Waals surface area contributed by atoms with Crippen LogP contribution in [-0.2, 0) is 11.3 Å². The van der Waals surface area contributed by atoms with Crippen molar-refractivity contribution < 1.29 is 9.13 Å². The number of hydrogen-bond acceptors (Lipinski definition) is 2. The highest BCUT2D eigenvalue weighted by Crippen LogP contribution is 2.42. The molecule has 1 aromatic rings. The molecule has 0 amide bonds. The van der Waals surface area contributed by atoms with Gasteiger partial charge in [-0.05, 0) is 19.4 Å². The van der Waals surface area contributed by atoms with Gasteiger partial charge in [0.2, 0.25) is 0 Å². The van der Waals surface area contributed by atoms with E-state index < -0.39 is 0 Å². The summed E-state index contributed by atoms with van der Waals surface area (Å²) in [4.78, 5) is 0. The van der Waals surface area contributed by atoms with Gasteiger partial charge in [0, 0.05) is 30.2 Å². The molecular weight excluding hydrogens is 229 g/mol. The van der Waals surface area contributed by atoms with E-state index in [1.165, 1.54) is 6.07 Å². The van der Waals surface area contributed by atoms with Crippen LogP contribution < -0.4 is 5.32 Å². The van der Waals surface area contributed by atoms with Crippen molar-refractivity contribution in [2.75, 3.05) is 6.61 Å². The van der Waals surface area contributed by atoms with Crippen LogP contribution >= 0.6 is 0 Å². The fourth-order valence-electron chi connectivity index (χ4n) is 2.59. The molecule has 1 fully saturated rings. The van der Waals surface area contributed by atoms with Gasteiger partial charge in [0.25, 0.3) is 0 Å². The largest absolute Gasteiger partial charge is 0.378 e. The van der Waals surface area contributed by atoms with E-state index >= 15 is 0 Å². The molecule has 2 rings (SSSR count). The van der Waals surface area contributed by atoms with Gasteiger partial charge in [-0.1, -0.05) is 32.0 Å². The van der Waals surface area contributed by atoms with Crippen LogP contribution in [0.15, 0.2) is 24.3 Å². The second-order valence-electron chi connectivity index (χ2n) is 5.53. The first kappa shape index (κ1) is 13.5. The van der Waals surface area contributed by atoms with E-state index in [0.29, 0.717) is 18.7 Å². The van der Waals surface area contributed by atoms with Crippen molar-refractivity contribution in [3.63, 3.8) is 0 Å². The predicted molar refractivity (Wildman–Crippen MR) is 70.8 cm³/mol. The average Bonchev–Trinajstić information content (AvgIpc) is 2.35. The zero-order chi connectivity index (χ0) is 13.2. The lowest BCUT2D eigenvalue weighted by Gasteiger charge is -2.52. The number of hydrogen-bond donors (Lipinski definition) is 1. The molecule has 2 atom stereocenters. The summed E-state index contributed by atoms with van der Waals surface area (Å²) < 4.78 is 19.2. The van der Waals surface area contributed by atoms with Crippen LogP contribution in [0, 0.1) is 11.2 Å². The van der Waals surface area contributed by atoms with Crippen molar-refractivity contribution in [2.45, 2.75) is 45.9 Å². The van der Waals surface area contributed by atoms with E-state index in [2.05, 4.69) is 19.2 Å². The van der Waals surface area contributed by atoms with E-state index in [1.807, 2.05) is 19.1 Å². The third kappa shape index (κ3) is 2.57. The first-order chi connectivity index (χ1) is 8.55. The van der Waals surface area contributed by atoms with Crippen LogP contribution in [0.1, 0.15) is 32.8 Å². The molecule has 2 nitrogen and oxygen atoms in total. The maximum absolute atomic E-state index is 13.5. The standard InChI is InChI=1S/C15H22FNO/c1-4-18-14-9-13(15(14,2)3)17-10-11-7-5-6-8-12(11)16/h5-8,13-14,17H,4,9-10H2,1-3H3. The summed E-state index contributed by atoms with van der Waals surface area (Å²) in [5, 5.41) is 3.43. The van der Waals surface area contributed by atoms with Crippen LogP contribution in [0.3, 0.4) is 0 Å². The molecule has 1 aromatic carbocycles. The normalized spacial score (nSPS) is 25.8. The van der Waals surface area contributed by atoms with Gasteiger partial charge >= 0.3 is 0 Å². The van der Waals surface area contributed by atoms with E-state index in [0.717, 1.165) is 18.6 Å². The fourth-order valence-corrected chi connectivity index (χ4v) is 2.59. The minimum absolute atomic E-state index is 0.126. The van der Waals surface area contributed by atoms with Crippen molar-refractivity contribution in [2.24, 2.45) is 5.41 Å². The van der Waals surface area contributed by atoms with E-state index in [9.17, 15) is 4.39 Å². The number of rotatable bonds is 5. The number of halogens is 1. The summed E-state index contributed by atoms with van der Waals surface area (Å²) in [5.41, 5.74) is 0.856. The van der Waals surface area contributed by atoms with Gasteiger partial charge in [0.05, 0.1) is 6.10 Å². The van der Waals surface area contributed by atoms with Crippen molar-refractivity contribution in [3.8, 4) is 0 Å². The molecule has 3 heteroatoms. The second kappa shape index (κ2) is 5.37. The molecule has 1 aliphatic carbocycles. The molecular formula is C15H22FNO. The molecule has 0 bridgehead atoms. The lowest BCUT2D eigenvalue weighted by Crippen LogP contribution is -2.60. The monoisotopic (exact) mass is 251 g/mol. The molecule has 2 unspecified atom stereocenters. The number of ether oxygens (including phenoxy) is 1. The summed E-state index contributed by atoms with van der Waals surface area (Å²) in [6.07, 6.45) is 1.33. The zero-order valence-electron chi connectivity index (χ0n) is 11.4. The Morgan fingerprint density at radius 3 is 2.72 bits per heavy atom. The molecule has 0 aliphatic heterocycles. The minimum atomic E-state index is -0.136. The highest BCUT2D eigenvalue weighted by atomic mass is 19.1. The van der Waals surface area contributed by atoms with Crippen LogP contribution in [0.5, 0.6) is 0 Å². The molecule has 0 heterocycles. The Morgan fingerprint density at radius 1 is 1.39 bits per heavy atom. The summed E-state index contributed by atoms with van der Waals surface area (Å²) >= 11 is 0. The van der Waals surface area contributed by atoms with Gasteiger partial charge in [-0.2, -0.15) is 0 Å². The molecule has 0 saturated heterocycles. The molecule has 0 aromatic heterocycles. The SMILES string of the molecule is CCOC1CC(NCc2ccccc2F)C1(C)C. The Balaban J connectivity index is 1.88. The van der Waals surface area contributed by atoms with Crippen LogP contribution in [0.2, 0.25) is 0 Å². The van der Waals surface area contributed by atoms with Gasteiger partial charge in [-0.15, -0.1) is 0 Å². The predicted octanol–water partition coefficient (Wildman–Crippen LogP) is 3.12. The Kier molecular flexibility index (Phi) is 4.03. The van der Waals surface area contributed by atoms with Gasteiger partial charge in [0.15, 0.2) is 0 Å². The molecule has 1 aliphatic rings. The molecule has 0 radical (unpaired) electrons. The first-order valence-electron chi connectivity index (χ1n) is 6.64. The van der Waals surface area contributed by atoms with E-state index in [-0.39, 0.29) is 11.2 Å². The average molecular weight is 251 g/mol. The Morgan fingerprint density at radius 2 is 2.11 bits per heavy atom. The van der Waals surface area contributed by atoms with Gasteiger partial charge < -0.3 is 10.1 Å². The zero-order valence-corrected chi connectivity index (χ0v) is 11.4. The molecule has 18 heavy (non-hydrogen) atoms. The van der Waals surface area contributed by atoms with Crippen molar-refractivity contribution in [1.82, 2.24) is 5.32 Å². The summed E-state index contributed by atoms with van der Waals surface area (Å²) in [5.74, 6) is -0.136. The smallest absolute Gasteiger partial charge is 0.127 e. The summed E-state index contributed by atoms with van der Waals surface area (Å²) in [6.45, 7) is 7.77. The van der Waals surface area contributed by atoms with Crippen LogP contribution in [0.25, 0.3) is 0 Å². The van der Waals surface area contributed by atoms with E-state index in [4.69, 9.17) is 4.74 Å². The highest BCUT2D eigenvalue weighted by Gasteiger charge is 2.48. The maximum Gasteiger partial charge on any atom is 0.127 e. The van der Waals surface area contributed by atoms with Crippen LogP contribution in [0.4, 0.5) is 4.39 Å². The highest BCUT2D eigenvalue weighted by molar-refractivity contribution is 5.17. The topological polar surface area (TPSA) is 21.3 Å². The Hall–Kier alpha value is -0.930. The van der Waals surface area contributed by atoms with Gasteiger partial charge in [-0.25, -0.2) is 4.39 Å². The first-order valence-corrected chi connectivity index (χ1v) is 6.64. The fraction of sp³-hybridized carbons (Fsp3) is 0.600. The quantitative estimate of drug-likeness (QED) is 0.868. The molecule has 1 saturated carbocycles. The second-order valence-corrected chi connectivity index (χ2v) is 5.53. The third-order valence-electron chi connectivity index (χ3n) is 4.04. The summed E-state index contributed by atoms with van der Waals surface area (Å²) in [6, 6.07) is 7.32. The number of nitrogens with one attached hydrogen (secondary N) is 1. The minimum Gasteiger partial charge on any atom is -0.378 e. The molecule has 0 spiro atoms. The Labute approximate surface area is 109 Å². The van der Waals surface area contributed by atoms with Gasteiger partial charge in [-0.3, -0.25) is 0 Å². The maximum atomic E-state index is 13.5. The molecule has 1 N–H and O–H groups in total. The van der Waals surface area contributed by atoms with Crippen molar-refractivity contribution in [3.05, 3.63) is 35.6 Å². The van der Waals surface area contributed by atoms with E-state index in [1.54, 1.807) is 6.07 Å². The Bertz CT molecular complexity index is 405. The van der Waals surface area contributed by atoms with Crippen LogP contribution in [-0.4, -0.2) is 18.8 Å². The third-order valence-corrected chi connectivity index (χ3v) is 4.04. The summed E-state index contributed by atoms with van der Waals surface area (Å²) in [7, 11) is 0. The lowest BCUT2D eigenvalue weighted by molar-refractivity contribution is -0.114. The molecule has 100 valence electrons. The van der Waals surface area contributed by atoms with Crippen molar-refractivity contribution in [1.29, 1.82) is 0 Å².